The van der Waals surface area contributed by atoms with Crippen LogP contribution in [0.25, 0.3) is 21.8 Å². The number of halogens is 8. The number of anilines is 6. The third-order valence-corrected chi connectivity index (χ3v) is 10.0. The maximum atomic E-state index is 15.0. The van der Waals surface area contributed by atoms with Gasteiger partial charge in [-0.3, -0.25) is 9.97 Å². The van der Waals surface area contributed by atoms with Crippen LogP contribution in [0, 0.1) is 0 Å². The lowest BCUT2D eigenvalue weighted by Gasteiger charge is -2.36. The number of aromatic nitrogens is 2. The smallest absolute Gasteiger partial charge is 0.381 e. The summed E-state index contributed by atoms with van der Waals surface area (Å²) in [4.78, 5) is 12.6. The number of nitrogens with zero attached hydrogens (tertiary/aromatic N) is 4. The van der Waals surface area contributed by atoms with Crippen molar-refractivity contribution in [2.45, 2.75) is 23.7 Å². The maximum absolute atomic E-state index is 15.0. The third kappa shape index (κ3) is 8.15. The molecule has 0 bridgehead atoms. The fraction of sp³-hybridized carbons (Fsp3) is 0.125. The number of ether oxygens (including phenoxy) is 2. The standard InChI is InChI=1S/C48H34F8N4O2/c49-45(50,31-61-41-23-19-37(20-24-41)59(35-13-3-1-4-14-35)39-27-33-11-7-9-17-43(33)57-29-39)47(53,54)48(55,56)46(51,52)32-62-42-25-21-38(22-26-42)60(36-15-5-2-6-16-36)40-28-34-12-8-10-18-44(34)58-30-40/h1-30H,31-32H2. The lowest BCUT2D eigenvalue weighted by atomic mass is 9.99. The number of fused-ring (bicyclic) bond motifs is 2. The van der Waals surface area contributed by atoms with Gasteiger partial charge in [0.1, 0.15) is 11.5 Å². The number of hydrogen-bond donors (Lipinski definition) is 0. The van der Waals surface area contributed by atoms with Gasteiger partial charge in [-0.15, -0.1) is 0 Å². The van der Waals surface area contributed by atoms with Gasteiger partial charge in [-0.1, -0.05) is 72.8 Å². The van der Waals surface area contributed by atoms with E-state index in [1.54, 1.807) is 46.5 Å². The zero-order valence-electron chi connectivity index (χ0n) is 32.4. The van der Waals surface area contributed by atoms with Crippen molar-refractivity contribution >= 4 is 55.9 Å². The Balaban J connectivity index is 0.944. The van der Waals surface area contributed by atoms with Crippen molar-refractivity contribution in [2.75, 3.05) is 23.0 Å². The zero-order chi connectivity index (χ0) is 43.5. The highest BCUT2D eigenvalue weighted by molar-refractivity contribution is 5.87. The Morgan fingerprint density at radius 3 is 1.06 bits per heavy atom. The van der Waals surface area contributed by atoms with E-state index in [0.29, 0.717) is 34.1 Å². The van der Waals surface area contributed by atoms with E-state index in [9.17, 15) is 35.1 Å². The summed E-state index contributed by atoms with van der Waals surface area (Å²) in [7, 11) is 0. The number of hydrogen-bond acceptors (Lipinski definition) is 6. The Kier molecular flexibility index (Phi) is 11.2. The average molecular weight is 851 g/mol. The van der Waals surface area contributed by atoms with Gasteiger partial charge < -0.3 is 19.3 Å². The predicted molar refractivity (Wildman–Crippen MR) is 224 cm³/mol. The molecule has 2 aromatic heterocycles. The largest absolute Gasteiger partial charge is 0.487 e. The molecule has 0 radical (unpaired) electrons. The summed E-state index contributed by atoms with van der Waals surface area (Å²) in [5.74, 6) is -25.5. The first kappa shape index (κ1) is 41.5. The number of pyridine rings is 2. The molecule has 6 aromatic carbocycles. The topological polar surface area (TPSA) is 50.7 Å². The fourth-order valence-electron chi connectivity index (χ4n) is 6.78. The van der Waals surface area contributed by atoms with E-state index in [-0.39, 0.29) is 0 Å². The number of para-hydroxylation sites is 4. The van der Waals surface area contributed by atoms with E-state index < -0.39 is 48.4 Å². The van der Waals surface area contributed by atoms with Crippen LogP contribution in [-0.4, -0.2) is 46.9 Å². The van der Waals surface area contributed by atoms with Crippen molar-refractivity contribution in [3.8, 4) is 11.5 Å². The minimum atomic E-state index is -6.58. The number of benzene rings is 6. The van der Waals surface area contributed by atoms with Crippen molar-refractivity contribution in [2.24, 2.45) is 0 Å². The molecule has 0 amide bonds. The van der Waals surface area contributed by atoms with Gasteiger partial charge in [0.25, 0.3) is 0 Å². The zero-order valence-corrected chi connectivity index (χ0v) is 32.4. The molecule has 314 valence electrons. The van der Waals surface area contributed by atoms with Crippen LogP contribution >= 0.6 is 0 Å². The molecule has 0 unspecified atom stereocenters. The third-order valence-electron chi connectivity index (χ3n) is 10.0. The summed E-state index contributed by atoms with van der Waals surface area (Å²) in [5.41, 5.74) is 5.09. The molecule has 0 saturated carbocycles. The molecule has 0 aliphatic heterocycles. The Hall–Kier alpha value is -7.22. The van der Waals surface area contributed by atoms with Crippen LogP contribution in [-0.2, 0) is 0 Å². The summed E-state index contributed by atoms with van der Waals surface area (Å²) in [6, 6.07) is 47.0. The highest BCUT2D eigenvalue weighted by atomic mass is 19.4. The van der Waals surface area contributed by atoms with Crippen LogP contribution in [0.15, 0.2) is 182 Å². The van der Waals surface area contributed by atoms with E-state index in [4.69, 9.17) is 9.47 Å². The summed E-state index contributed by atoms with van der Waals surface area (Å²) in [5, 5.41) is 1.66. The second-order valence-corrected chi connectivity index (χ2v) is 14.2. The molecule has 0 aliphatic carbocycles. The Labute approximate surface area is 350 Å². The van der Waals surface area contributed by atoms with Crippen molar-refractivity contribution in [1.29, 1.82) is 0 Å². The fourth-order valence-corrected chi connectivity index (χ4v) is 6.78. The second-order valence-electron chi connectivity index (χ2n) is 14.2. The normalized spacial score (nSPS) is 12.3. The van der Waals surface area contributed by atoms with Gasteiger partial charge in [-0.2, -0.15) is 35.1 Å². The van der Waals surface area contributed by atoms with Crippen LogP contribution in [0.5, 0.6) is 11.5 Å². The van der Waals surface area contributed by atoms with Gasteiger partial charge >= 0.3 is 23.7 Å². The summed E-state index contributed by atoms with van der Waals surface area (Å²) in [6.45, 7) is -4.68. The average Bonchev–Trinajstić information content (AvgIpc) is 3.29. The van der Waals surface area contributed by atoms with Gasteiger partial charge in [-0.05, 0) is 97.1 Å². The summed E-state index contributed by atoms with van der Waals surface area (Å²) >= 11 is 0. The molecule has 8 aromatic rings. The van der Waals surface area contributed by atoms with Crippen LogP contribution in [0.2, 0.25) is 0 Å². The van der Waals surface area contributed by atoms with Crippen molar-refractivity contribution in [3.63, 3.8) is 0 Å². The minimum Gasteiger partial charge on any atom is -0.487 e. The molecule has 0 atom stereocenters. The highest BCUT2D eigenvalue weighted by Crippen LogP contribution is 2.53. The molecular formula is C48H34F8N4O2. The van der Waals surface area contributed by atoms with Crippen LogP contribution < -0.4 is 19.3 Å². The minimum absolute atomic E-state index is 0.404. The molecule has 0 fully saturated rings. The molecule has 6 nitrogen and oxygen atoms in total. The van der Waals surface area contributed by atoms with E-state index in [1.165, 1.54) is 24.3 Å². The number of alkyl halides is 8. The molecular weight excluding hydrogens is 817 g/mol. The van der Waals surface area contributed by atoms with Gasteiger partial charge in [0.2, 0.25) is 0 Å². The summed E-state index contributed by atoms with van der Waals surface area (Å²) < 4.78 is 130. The highest BCUT2D eigenvalue weighted by Gasteiger charge is 2.81. The molecule has 0 spiro atoms. The monoisotopic (exact) mass is 850 g/mol. The first-order valence-corrected chi connectivity index (χ1v) is 19.1. The van der Waals surface area contributed by atoms with E-state index in [2.05, 4.69) is 9.97 Å². The Morgan fingerprint density at radius 1 is 0.371 bits per heavy atom. The van der Waals surface area contributed by atoms with Gasteiger partial charge in [0.05, 0.1) is 34.8 Å². The van der Waals surface area contributed by atoms with Crippen LogP contribution in [0.4, 0.5) is 69.2 Å². The van der Waals surface area contributed by atoms with E-state index >= 15 is 0 Å². The molecule has 0 N–H and O–H groups in total. The van der Waals surface area contributed by atoms with Gasteiger partial charge in [0.15, 0.2) is 13.2 Å². The van der Waals surface area contributed by atoms with Crippen LogP contribution in [0.1, 0.15) is 0 Å². The first-order chi connectivity index (χ1) is 29.7. The lowest BCUT2D eigenvalue weighted by molar-refractivity contribution is -0.371. The molecule has 8 rings (SSSR count). The molecule has 62 heavy (non-hydrogen) atoms. The molecule has 2 heterocycles. The van der Waals surface area contributed by atoms with E-state index in [1.807, 2.05) is 97.1 Å². The molecule has 0 aliphatic rings. The van der Waals surface area contributed by atoms with Crippen molar-refractivity contribution in [3.05, 3.63) is 182 Å². The predicted octanol–water partition coefficient (Wildman–Crippen LogP) is 13.7. The molecule has 14 heteroatoms. The first-order valence-electron chi connectivity index (χ1n) is 19.1. The van der Waals surface area contributed by atoms with Gasteiger partial charge in [-0.25, -0.2) is 0 Å². The SMILES string of the molecule is FC(F)(COc1ccc(N(c2ccccc2)c2cnc3ccccc3c2)cc1)C(F)(F)C(F)(F)C(F)(F)COc1ccc(N(c2ccccc2)c2cnc3ccccc3c2)cc1. The molecule has 0 saturated heterocycles. The Morgan fingerprint density at radius 2 is 0.694 bits per heavy atom. The maximum Gasteiger partial charge on any atom is 0.381 e. The quantitative estimate of drug-likeness (QED) is 0.0958. The summed E-state index contributed by atoms with van der Waals surface area (Å²) in [6.07, 6.45) is 3.26. The van der Waals surface area contributed by atoms with Gasteiger partial charge in [0, 0.05) is 33.5 Å². The second kappa shape index (κ2) is 16.7. The van der Waals surface area contributed by atoms with Crippen molar-refractivity contribution < 1.29 is 44.6 Å². The van der Waals surface area contributed by atoms with Crippen molar-refractivity contribution in [1.82, 2.24) is 9.97 Å². The Bertz CT molecular complexity index is 2590. The number of rotatable bonds is 15. The van der Waals surface area contributed by atoms with Crippen LogP contribution in [0.3, 0.4) is 0 Å². The lowest BCUT2D eigenvalue weighted by Crippen LogP contribution is -2.65. The van der Waals surface area contributed by atoms with E-state index in [0.717, 1.165) is 46.1 Å².